The molecule has 1 amide bonds. The highest BCUT2D eigenvalue weighted by molar-refractivity contribution is 5.90. The Hall–Kier alpha value is -2.21. The summed E-state index contributed by atoms with van der Waals surface area (Å²) < 4.78 is 15.3. The van der Waals surface area contributed by atoms with Crippen LogP contribution < -0.4 is 11.1 Å². The van der Waals surface area contributed by atoms with Crippen molar-refractivity contribution in [2.45, 2.75) is 19.9 Å². The monoisotopic (exact) mass is 276 g/mol. The summed E-state index contributed by atoms with van der Waals surface area (Å²) in [5.74, 6) is -0.862. The first-order chi connectivity index (χ1) is 9.43. The minimum Gasteiger partial charge on any atom is -0.364 e. The molecule has 6 heteroatoms. The van der Waals surface area contributed by atoms with Gasteiger partial charge in [-0.2, -0.15) is 5.10 Å². The molecule has 1 heterocycles. The SMILES string of the molecule is CNC(C)c1cc(F)c(C)cc1-n1ccc(C(N)=O)n1. The molecule has 106 valence electrons. The molecule has 0 bridgehead atoms. The predicted molar refractivity (Wildman–Crippen MR) is 74.3 cm³/mol. The van der Waals surface area contributed by atoms with Crippen LogP contribution in [-0.4, -0.2) is 22.7 Å². The molecule has 3 N–H and O–H groups in total. The second kappa shape index (κ2) is 5.42. The van der Waals surface area contributed by atoms with E-state index >= 15 is 0 Å². The van der Waals surface area contributed by atoms with Gasteiger partial charge < -0.3 is 11.1 Å². The van der Waals surface area contributed by atoms with Gasteiger partial charge in [0, 0.05) is 12.2 Å². The van der Waals surface area contributed by atoms with Gasteiger partial charge in [0.1, 0.15) is 11.5 Å². The second-order valence-corrected chi connectivity index (χ2v) is 4.68. The molecular formula is C14H17FN4O. The van der Waals surface area contributed by atoms with Gasteiger partial charge in [-0.15, -0.1) is 0 Å². The molecule has 2 rings (SSSR count). The first-order valence-electron chi connectivity index (χ1n) is 6.27. The van der Waals surface area contributed by atoms with Crippen LogP contribution >= 0.6 is 0 Å². The molecule has 0 saturated heterocycles. The lowest BCUT2D eigenvalue weighted by Crippen LogP contribution is -2.17. The van der Waals surface area contributed by atoms with Crippen molar-refractivity contribution in [2.75, 3.05) is 7.05 Å². The van der Waals surface area contributed by atoms with Gasteiger partial charge in [-0.1, -0.05) is 0 Å². The molecule has 1 unspecified atom stereocenters. The lowest BCUT2D eigenvalue weighted by Gasteiger charge is -2.17. The number of aryl methyl sites for hydroxylation is 1. The number of amides is 1. The van der Waals surface area contributed by atoms with E-state index in [1.807, 2.05) is 6.92 Å². The molecule has 0 spiro atoms. The van der Waals surface area contributed by atoms with Crippen LogP contribution in [0.1, 0.15) is 34.6 Å². The predicted octanol–water partition coefficient (Wildman–Crippen LogP) is 1.70. The minimum atomic E-state index is -0.592. The third-order valence-electron chi connectivity index (χ3n) is 3.30. The van der Waals surface area contributed by atoms with Crippen molar-refractivity contribution in [3.05, 3.63) is 47.0 Å². The van der Waals surface area contributed by atoms with Crippen molar-refractivity contribution in [1.29, 1.82) is 0 Å². The number of benzene rings is 1. The highest BCUT2D eigenvalue weighted by atomic mass is 19.1. The number of nitrogens with zero attached hydrogens (tertiary/aromatic N) is 2. The Morgan fingerprint density at radius 2 is 2.20 bits per heavy atom. The average Bonchev–Trinajstić information content (AvgIpc) is 2.90. The standard InChI is InChI=1S/C14H17FN4O/c1-8-6-13(10(7-11(8)15)9(2)17-3)19-5-4-12(18-19)14(16)20/h4-7,9,17H,1-3H3,(H2,16,20). The van der Waals surface area contributed by atoms with E-state index in [0.717, 1.165) is 11.3 Å². The molecule has 0 saturated carbocycles. The van der Waals surface area contributed by atoms with Gasteiger partial charge in [0.15, 0.2) is 0 Å². The number of carbonyl (C=O) groups is 1. The number of hydrogen-bond acceptors (Lipinski definition) is 3. The van der Waals surface area contributed by atoms with Gasteiger partial charge in [-0.05, 0) is 50.2 Å². The minimum absolute atomic E-state index is 0.0543. The van der Waals surface area contributed by atoms with E-state index in [-0.39, 0.29) is 17.6 Å². The summed E-state index contributed by atoms with van der Waals surface area (Å²) in [6, 6.07) is 4.67. The number of aromatic nitrogens is 2. The lowest BCUT2D eigenvalue weighted by atomic mass is 10.0. The first kappa shape index (κ1) is 14.2. The van der Waals surface area contributed by atoms with Gasteiger partial charge >= 0.3 is 0 Å². The normalized spacial score (nSPS) is 12.4. The van der Waals surface area contributed by atoms with Gasteiger partial charge in [-0.25, -0.2) is 9.07 Å². The maximum Gasteiger partial charge on any atom is 0.269 e. The van der Waals surface area contributed by atoms with Gasteiger partial charge in [0.25, 0.3) is 5.91 Å². The Balaban J connectivity index is 2.58. The smallest absolute Gasteiger partial charge is 0.269 e. The number of hydrogen-bond donors (Lipinski definition) is 2. The zero-order chi connectivity index (χ0) is 14.9. The number of halogens is 1. The van der Waals surface area contributed by atoms with Crippen LogP contribution in [0.3, 0.4) is 0 Å². The Morgan fingerprint density at radius 3 is 2.75 bits per heavy atom. The molecule has 1 aromatic heterocycles. The molecule has 0 aliphatic heterocycles. The molecule has 1 atom stereocenters. The third kappa shape index (κ3) is 2.55. The van der Waals surface area contributed by atoms with Crippen molar-refractivity contribution in [1.82, 2.24) is 15.1 Å². The molecule has 1 aromatic carbocycles. The van der Waals surface area contributed by atoms with Crippen molar-refractivity contribution in [3.8, 4) is 5.69 Å². The van der Waals surface area contributed by atoms with Gasteiger partial charge in [0.05, 0.1) is 5.69 Å². The number of nitrogens with one attached hydrogen (secondary N) is 1. The summed E-state index contributed by atoms with van der Waals surface area (Å²) in [5, 5.41) is 7.19. The Labute approximate surface area is 116 Å². The van der Waals surface area contributed by atoms with Crippen LogP contribution in [-0.2, 0) is 0 Å². The molecule has 0 aliphatic rings. The van der Waals surface area contributed by atoms with E-state index < -0.39 is 5.91 Å². The fourth-order valence-corrected chi connectivity index (χ4v) is 1.97. The van der Waals surface area contributed by atoms with E-state index in [1.54, 1.807) is 26.2 Å². The van der Waals surface area contributed by atoms with Crippen molar-refractivity contribution >= 4 is 5.91 Å². The van der Waals surface area contributed by atoms with Gasteiger partial charge in [-0.3, -0.25) is 4.79 Å². The summed E-state index contributed by atoms with van der Waals surface area (Å²) in [6.07, 6.45) is 1.64. The summed E-state index contributed by atoms with van der Waals surface area (Å²) >= 11 is 0. The maximum absolute atomic E-state index is 13.8. The highest BCUT2D eigenvalue weighted by Gasteiger charge is 2.15. The molecule has 0 fully saturated rings. The Morgan fingerprint density at radius 1 is 1.50 bits per heavy atom. The largest absolute Gasteiger partial charge is 0.364 e. The molecule has 20 heavy (non-hydrogen) atoms. The molecular weight excluding hydrogens is 259 g/mol. The zero-order valence-corrected chi connectivity index (χ0v) is 11.6. The summed E-state index contributed by atoms with van der Waals surface area (Å²) in [4.78, 5) is 11.1. The van der Waals surface area contributed by atoms with Gasteiger partial charge in [0.2, 0.25) is 0 Å². The second-order valence-electron chi connectivity index (χ2n) is 4.68. The van der Waals surface area contributed by atoms with E-state index in [4.69, 9.17) is 5.73 Å². The number of rotatable bonds is 4. The van der Waals surface area contributed by atoms with E-state index in [1.165, 1.54) is 16.8 Å². The maximum atomic E-state index is 13.8. The van der Waals surface area contributed by atoms with Crippen LogP contribution in [0.2, 0.25) is 0 Å². The van der Waals surface area contributed by atoms with E-state index in [9.17, 15) is 9.18 Å². The van der Waals surface area contributed by atoms with E-state index in [2.05, 4.69) is 10.4 Å². The van der Waals surface area contributed by atoms with Crippen LogP contribution in [0, 0.1) is 12.7 Å². The summed E-state index contributed by atoms with van der Waals surface area (Å²) in [6.45, 7) is 3.61. The van der Waals surface area contributed by atoms with Crippen LogP contribution in [0.25, 0.3) is 5.69 Å². The van der Waals surface area contributed by atoms with Crippen LogP contribution in [0.5, 0.6) is 0 Å². The molecule has 0 aliphatic carbocycles. The number of nitrogens with two attached hydrogens (primary N) is 1. The van der Waals surface area contributed by atoms with Crippen molar-refractivity contribution in [2.24, 2.45) is 5.73 Å². The zero-order valence-electron chi connectivity index (χ0n) is 11.6. The van der Waals surface area contributed by atoms with Crippen molar-refractivity contribution in [3.63, 3.8) is 0 Å². The lowest BCUT2D eigenvalue weighted by molar-refractivity contribution is 0.0995. The topological polar surface area (TPSA) is 72.9 Å². The fourth-order valence-electron chi connectivity index (χ4n) is 1.97. The first-order valence-corrected chi connectivity index (χ1v) is 6.27. The van der Waals surface area contributed by atoms with Crippen LogP contribution in [0.15, 0.2) is 24.4 Å². The number of primary amides is 1. The molecule has 0 radical (unpaired) electrons. The average molecular weight is 276 g/mol. The Bertz CT molecular complexity index is 651. The molecule has 5 nitrogen and oxygen atoms in total. The highest BCUT2D eigenvalue weighted by Crippen LogP contribution is 2.24. The third-order valence-corrected chi connectivity index (χ3v) is 3.30. The summed E-state index contributed by atoms with van der Waals surface area (Å²) in [5.41, 5.74) is 7.37. The van der Waals surface area contributed by atoms with Crippen molar-refractivity contribution < 1.29 is 9.18 Å². The Kier molecular flexibility index (Phi) is 3.85. The summed E-state index contributed by atoms with van der Waals surface area (Å²) in [7, 11) is 1.80. The fraction of sp³-hybridized carbons (Fsp3) is 0.286. The number of carbonyl (C=O) groups excluding carboxylic acids is 1. The van der Waals surface area contributed by atoms with E-state index in [0.29, 0.717) is 5.56 Å². The molecule has 2 aromatic rings. The quantitative estimate of drug-likeness (QED) is 0.892. The van der Waals surface area contributed by atoms with Crippen LogP contribution in [0.4, 0.5) is 4.39 Å².